The first-order valence-electron chi connectivity index (χ1n) is 0.651. The summed E-state index contributed by atoms with van der Waals surface area (Å²) in [5.74, 6) is 0. The summed E-state index contributed by atoms with van der Waals surface area (Å²) in [5.41, 5.74) is 0. The van der Waals surface area contributed by atoms with Gasteiger partial charge in [-0.15, -0.1) is 0 Å². The molecule has 0 amide bonds. The molecule has 6 heteroatoms. The molecule has 0 fully saturated rings. The quantitative estimate of drug-likeness (QED) is 0.392. The van der Waals surface area contributed by atoms with Gasteiger partial charge in [0.2, 0.25) is 0 Å². The molecule has 0 aromatic rings. The van der Waals surface area contributed by atoms with E-state index < -0.39 is 6.16 Å². The molecule has 0 aliphatic heterocycles. The van der Waals surface area contributed by atoms with Crippen LogP contribution in [0.15, 0.2) is 0 Å². The number of hydrogen-bond acceptors (Lipinski definition) is 1. The normalized spacial score (nSPS) is 3.43. The molecule has 0 saturated carbocycles. The fourth-order valence-electron chi connectivity index (χ4n) is 0. The molecule has 0 rings (SSSR count). The molecule has 4 N–H and O–H groups in total. The molecule has 4 nitrogen and oxygen atoms in total. The van der Waals surface area contributed by atoms with Gasteiger partial charge in [0, 0.05) is 1.43 Å². The molecule has 0 aliphatic rings. The average molecular weight is 148 g/mol. The molecular formula is CH9CaNaO4. The minimum atomic E-state index is -1.83. The summed E-state index contributed by atoms with van der Waals surface area (Å²) in [4.78, 5) is 8.56. The average Bonchev–Trinajstić information content (AvgIpc) is 0.811. The van der Waals surface area contributed by atoms with E-state index in [1.807, 2.05) is 0 Å². The third-order valence-electron chi connectivity index (χ3n) is 0. The zero-order valence-electron chi connectivity index (χ0n) is 2.30. The Balaban J connectivity index is -0.00000000750. The topological polar surface area (TPSA) is 89.0 Å². The van der Waals surface area contributed by atoms with Gasteiger partial charge in [0.25, 0.3) is 0 Å². The Morgan fingerprint density at radius 3 is 1.43 bits per heavy atom. The van der Waals surface area contributed by atoms with Gasteiger partial charge in [-0.05, 0) is 0 Å². The predicted molar refractivity (Wildman–Crippen MR) is 32.1 cm³/mol. The predicted octanol–water partition coefficient (Wildman–Crippen LogP) is -1.92. The van der Waals surface area contributed by atoms with Crippen LogP contribution in [0.3, 0.4) is 0 Å². The van der Waals surface area contributed by atoms with E-state index in [4.69, 9.17) is 15.0 Å². The van der Waals surface area contributed by atoms with Crippen LogP contribution >= 0.6 is 0 Å². The van der Waals surface area contributed by atoms with Crippen molar-refractivity contribution >= 4 is 73.5 Å². The summed E-state index contributed by atoms with van der Waals surface area (Å²) in [6.07, 6.45) is -1.83. The van der Waals surface area contributed by atoms with Gasteiger partial charge in [-0.2, -0.15) is 0 Å². The monoisotopic (exact) mass is 148 g/mol. The van der Waals surface area contributed by atoms with Crippen molar-refractivity contribution in [2.75, 3.05) is 0 Å². The van der Waals surface area contributed by atoms with Crippen molar-refractivity contribution in [1.82, 2.24) is 0 Å². The van der Waals surface area contributed by atoms with Crippen molar-refractivity contribution in [2.24, 2.45) is 0 Å². The number of carboxylic acid groups (broad SMARTS) is 2. The molecule has 0 saturated heterocycles. The first-order chi connectivity index (χ1) is 1.73. The first kappa shape index (κ1) is 23.6. The summed E-state index contributed by atoms with van der Waals surface area (Å²) >= 11 is 0. The molecule has 0 spiro atoms. The molecule has 0 radical (unpaired) electrons. The van der Waals surface area contributed by atoms with Crippen LogP contribution in [0.4, 0.5) is 4.79 Å². The van der Waals surface area contributed by atoms with E-state index in [1.165, 1.54) is 0 Å². The van der Waals surface area contributed by atoms with Crippen LogP contribution in [0.1, 0.15) is 1.43 Å². The molecule has 0 atom stereocenters. The Kier molecular flexibility index (Phi) is 52.8. The maximum absolute atomic E-state index is 8.56. The molecule has 0 bridgehead atoms. The van der Waals surface area contributed by atoms with E-state index in [0.717, 1.165) is 0 Å². The van der Waals surface area contributed by atoms with Crippen LogP contribution in [0.5, 0.6) is 0 Å². The third kappa shape index (κ3) is 102. The van der Waals surface area contributed by atoms with E-state index in [2.05, 4.69) is 0 Å². The second-order valence-electron chi connectivity index (χ2n) is 0.283. The standard InChI is InChI=1S/CH2O3.Ca.Na.H2O.H2.3H/c2-1(3)4;;;;;;;/h(H2,2,3,4);;;1H2;1H;;;. The number of rotatable bonds is 0. The Labute approximate surface area is 94.0 Å². The minimum absolute atomic E-state index is 0. The van der Waals surface area contributed by atoms with Crippen molar-refractivity contribution in [2.45, 2.75) is 0 Å². The Morgan fingerprint density at radius 2 is 1.43 bits per heavy atom. The van der Waals surface area contributed by atoms with Gasteiger partial charge in [0.1, 0.15) is 0 Å². The zero-order chi connectivity index (χ0) is 3.58. The van der Waals surface area contributed by atoms with Gasteiger partial charge in [-0.3, -0.25) is 0 Å². The van der Waals surface area contributed by atoms with Crippen LogP contribution in [-0.4, -0.2) is 89.1 Å². The van der Waals surface area contributed by atoms with Crippen molar-refractivity contribution < 1.29 is 21.9 Å². The second-order valence-corrected chi connectivity index (χ2v) is 0.283. The molecule has 0 unspecified atom stereocenters. The van der Waals surface area contributed by atoms with Crippen molar-refractivity contribution in [3.8, 4) is 0 Å². The van der Waals surface area contributed by atoms with Gasteiger partial charge in [-0.25, -0.2) is 4.79 Å². The molecule has 0 aromatic carbocycles. The number of carbonyl (C=O) groups is 1. The van der Waals surface area contributed by atoms with Crippen LogP contribution in [0.2, 0.25) is 0 Å². The van der Waals surface area contributed by atoms with Crippen molar-refractivity contribution in [1.29, 1.82) is 0 Å². The summed E-state index contributed by atoms with van der Waals surface area (Å²) in [6.45, 7) is 0. The Hall–Kier alpha value is 1.49. The van der Waals surface area contributed by atoms with Gasteiger partial charge >= 0.3 is 73.5 Å². The molecule has 0 aliphatic carbocycles. The van der Waals surface area contributed by atoms with Gasteiger partial charge < -0.3 is 15.7 Å². The zero-order valence-corrected chi connectivity index (χ0v) is 2.30. The molecule has 0 heterocycles. The number of hydrogen-bond donors (Lipinski definition) is 2. The van der Waals surface area contributed by atoms with Crippen LogP contribution in [0, 0.1) is 0 Å². The summed E-state index contributed by atoms with van der Waals surface area (Å²) < 4.78 is 0. The van der Waals surface area contributed by atoms with E-state index in [1.54, 1.807) is 0 Å². The van der Waals surface area contributed by atoms with Crippen LogP contribution in [-0.2, 0) is 0 Å². The van der Waals surface area contributed by atoms with E-state index in [0.29, 0.717) is 0 Å². The summed E-state index contributed by atoms with van der Waals surface area (Å²) in [6, 6.07) is 0. The second kappa shape index (κ2) is 15.6. The Bertz CT molecular complexity index is 39.0. The molecule has 40 valence electrons. The fraction of sp³-hybridized carbons (Fsp3) is 0. The van der Waals surface area contributed by atoms with Gasteiger partial charge in [0.05, 0.1) is 0 Å². The van der Waals surface area contributed by atoms with Crippen molar-refractivity contribution in [3.63, 3.8) is 0 Å². The van der Waals surface area contributed by atoms with Crippen LogP contribution < -0.4 is 0 Å². The summed E-state index contributed by atoms with van der Waals surface area (Å²) in [7, 11) is 0. The SMILES string of the molecule is O.O=C(O)O.[CaH2].[HH].[NaH]. The van der Waals surface area contributed by atoms with Crippen LogP contribution in [0.25, 0.3) is 0 Å². The van der Waals surface area contributed by atoms with E-state index >= 15 is 0 Å². The first-order valence-corrected chi connectivity index (χ1v) is 0.651. The molecule has 7 heavy (non-hydrogen) atoms. The van der Waals surface area contributed by atoms with E-state index in [-0.39, 0.29) is 74.2 Å². The van der Waals surface area contributed by atoms with E-state index in [9.17, 15) is 0 Å². The molecular weight excluding hydrogens is 139 g/mol. The maximum atomic E-state index is 8.56. The van der Waals surface area contributed by atoms with Crippen molar-refractivity contribution in [3.05, 3.63) is 0 Å². The Morgan fingerprint density at radius 1 is 1.43 bits per heavy atom. The third-order valence-corrected chi connectivity index (χ3v) is 0. The fourth-order valence-corrected chi connectivity index (χ4v) is 0. The van der Waals surface area contributed by atoms with Gasteiger partial charge in [-0.1, -0.05) is 0 Å². The van der Waals surface area contributed by atoms with Gasteiger partial charge in [0.15, 0.2) is 0 Å². The molecule has 0 aromatic heterocycles. The summed E-state index contributed by atoms with van der Waals surface area (Å²) in [5, 5.41) is 13.9.